The third-order valence-electron chi connectivity index (χ3n) is 3.26. The number of esters is 2. The van der Waals surface area contributed by atoms with Gasteiger partial charge < -0.3 is 19.3 Å². The summed E-state index contributed by atoms with van der Waals surface area (Å²) in [5.74, 6) is -1.04. The molecule has 6 nitrogen and oxygen atoms in total. The lowest BCUT2D eigenvalue weighted by atomic mass is 10.2. The number of hydrogen-bond acceptors (Lipinski definition) is 9. The zero-order chi connectivity index (χ0) is 20.3. The van der Waals surface area contributed by atoms with Crippen molar-refractivity contribution >= 4 is 85.7 Å². The summed E-state index contributed by atoms with van der Waals surface area (Å²) in [4.78, 5) is 28.3. The summed E-state index contributed by atoms with van der Waals surface area (Å²) in [6.45, 7) is 4.52. The maximum Gasteiger partial charge on any atom is 0.329 e. The Morgan fingerprint density at radius 3 is 2.08 bits per heavy atom. The van der Waals surface area contributed by atoms with Gasteiger partial charge in [-0.2, -0.15) is 0 Å². The minimum absolute atomic E-state index is 0.148. The molecule has 0 bridgehead atoms. The van der Waals surface area contributed by atoms with Gasteiger partial charge in [-0.25, -0.2) is 4.79 Å². The van der Waals surface area contributed by atoms with E-state index in [1.807, 2.05) is 12.5 Å². The molecule has 148 valence electrons. The zero-order valence-corrected chi connectivity index (χ0v) is 19.6. The van der Waals surface area contributed by atoms with E-state index in [1.165, 1.54) is 30.6 Å². The number of nitrogens with zero attached hydrogens (tertiary/aromatic N) is 2. The number of rotatable bonds is 8. The molecule has 1 unspecified atom stereocenters. The normalized spacial score (nSPS) is 11.3. The topological polar surface area (TPSA) is 59.1 Å². The Hall–Kier alpha value is -0.490. The molecule has 0 heterocycles. The van der Waals surface area contributed by atoms with E-state index in [2.05, 4.69) is 0 Å². The predicted octanol–water partition coefficient (Wildman–Crippen LogP) is 2.73. The highest BCUT2D eigenvalue weighted by Crippen LogP contribution is 2.16. The number of ether oxygens (including phenoxy) is 2. The van der Waals surface area contributed by atoms with Gasteiger partial charge in [-0.1, -0.05) is 36.7 Å². The van der Waals surface area contributed by atoms with E-state index in [4.69, 9.17) is 46.1 Å². The fourth-order valence-electron chi connectivity index (χ4n) is 2.02. The third kappa shape index (κ3) is 8.47. The maximum atomic E-state index is 12.3. The van der Waals surface area contributed by atoms with Crippen molar-refractivity contribution in [2.24, 2.45) is 0 Å². The molecule has 0 saturated carbocycles. The Morgan fingerprint density at radius 1 is 1.08 bits per heavy atom. The van der Waals surface area contributed by atoms with Crippen LogP contribution in [-0.4, -0.2) is 80.7 Å². The first-order chi connectivity index (χ1) is 12.2. The molecule has 0 aromatic heterocycles. The van der Waals surface area contributed by atoms with Gasteiger partial charge in [0, 0.05) is 13.1 Å². The van der Waals surface area contributed by atoms with Gasteiger partial charge in [0.05, 0.1) is 25.1 Å². The average Bonchev–Trinajstić information content (AvgIpc) is 2.61. The van der Waals surface area contributed by atoms with Crippen molar-refractivity contribution in [3.63, 3.8) is 0 Å². The van der Waals surface area contributed by atoms with Crippen LogP contribution in [0.2, 0.25) is 0 Å². The number of thioether (sulfide) groups is 2. The second kappa shape index (κ2) is 13.6. The number of hydrogen-bond donors (Lipinski definition) is 0. The van der Waals surface area contributed by atoms with Crippen molar-refractivity contribution in [2.75, 3.05) is 39.3 Å². The van der Waals surface area contributed by atoms with Crippen LogP contribution in [0.15, 0.2) is 0 Å². The molecule has 0 fully saturated rings. The smallest absolute Gasteiger partial charge is 0.329 e. The van der Waals surface area contributed by atoms with Gasteiger partial charge in [-0.15, -0.1) is 23.5 Å². The van der Waals surface area contributed by atoms with E-state index in [0.717, 1.165) is 0 Å². The molecule has 1 atom stereocenters. The van der Waals surface area contributed by atoms with Gasteiger partial charge in [0.2, 0.25) is 0 Å². The SMILES string of the molecule is CCOC(=O)CC(C(=O)OC)N(CCN(C(C)=S)C(=S)SC)C(=S)SC. The minimum Gasteiger partial charge on any atom is -0.467 e. The van der Waals surface area contributed by atoms with E-state index < -0.39 is 18.0 Å². The maximum absolute atomic E-state index is 12.3. The van der Waals surface area contributed by atoms with Gasteiger partial charge in [0.25, 0.3) is 0 Å². The molecule has 0 aliphatic rings. The molecular formula is C15H24N2O4S5. The molecule has 0 rings (SSSR count). The summed E-state index contributed by atoms with van der Waals surface area (Å²) in [5.41, 5.74) is 0. The largest absolute Gasteiger partial charge is 0.467 e. The van der Waals surface area contributed by atoms with Gasteiger partial charge in [-0.3, -0.25) is 4.79 Å². The van der Waals surface area contributed by atoms with Crippen LogP contribution in [0.5, 0.6) is 0 Å². The van der Waals surface area contributed by atoms with E-state index >= 15 is 0 Å². The summed E-state index contributed by atoms with van der Waals surface area (Å²) in [6, 6.07) is -0.867. The van der Waals surface area contributed by atoms with Crippen molar-refractivity contribution in [3.05, 3.63) is 0 Å². The van der Waals surface area contributed by atoms with Crippen molar-refractivity contribution in [3.8, 4) is 0 Å². The molecule has 26 heavy (non-hydrogen) atoms. The van der Waals surface area contributed by atoms with Gasteiger partial charge in [-0.05, 0) is 26.4 Å². The molecule has 0 spiro atoms. The first-order valence-electron chi connectivity index (χ1n) is 7.67. The Bertz CT molecular complexity index is 544. The highest BCUT2D eigenvalue weighted by atomic mass is 32.2. The van der Waals surface area contributed by atoms with Crippen LogP contribution in [-0.2, 0) is 19.1 Å². The summed E-state index contributed by atoms with van der Waals surface area (Å²) in [7, 11) is 1.27. The first kappa shape index (κ1) is 25.5. The summed E-state index contributed by atoms with van der Waals surface area (Å²) in [5, 5.41) is 0. The Labute approximate surface area is 179 Å². The Morgan fingerprint density at radius 2 is 1.65 bits per heavy atom. The molecule has 0 aliphatic heterocycles. The molecule has 11 heteroatoms. The number of carbonyl (C=O) groups is 2. The van der Waals surface area contributed by atoms with Crippen LogP contribution < -0.4 is 0 Å². The summed E-state index contributed by atoms with van der Waals surface area (Å²) >= 11 is 18.7. The van der Waals surface area contributed by atoms with Crippen molar-refractivity contribution in [1.82, 2.24) is 9.80 Å². The van der Waals surface area contributed by atoms with E-state index in [9.17, 15) is 9.59 Å². The molecule has 0 radical (unpaired) electrons. The quantitative estimate of drug-likeness (QED) is 0.400. The van der Waals surface area contributed by atoms with E-state index in [0.29, 0.717) is 26.7 Å². The van der Waals surface area contributed by atoms with Crippen LogP contribution in [0.1, 0.15) is 20.3 Å². The predicted molar refractivity (Wildman–Crippen MR) is 121 cm³/mol. The lowest BCUT2D eigenvalue weighted by molar-refractivity contribution is -0.153. The molecule has 0 aromatic carbocycles. The van der Waals surface area contributed by atoms with Crippen LogP contribution in [0.4, 0.5) is 0 Å². The van der Waals surface area contributed by atoms with Gasteiger partial charge in [0.1, 0.15) is 14.7 Å². The Balaban J connectivity index is 5.47. The minimum atomic E-state index is -0.867. The first-order valence-corrected chi connectivity index (χ1v) is 11.3. The van der Waals surface area contributed by atoms with Crippen LogP contribution in [0.25, 0.3) is 0 Å². The van der Waals surface area contributed by atoms with E-state index in [-0.39, 0.29) is 13.0 Å². The molecule has 0 amide bonds. The van der Waals surface area contributed by atoms with Crippen LogP contribution in [0.3, 0.4) is 0 Å². The van der Waals surface area contributed by atoms with Crippen molar-refractivity contribution < 1.29 is 19.1 Å². The molecule has 0 N–H and O–H groups in total. The number of carbonyl (C=O) groups excluding carboxylic acids is 2. The van der Waals surface area contributed by atoms with Gasteiger partial charge >= 0.3 is 11.9 Å². The molecule has 0 aromatic rings. The van der Waals surface area contributed by atoms with Gasteiger partial charge in [0.15, 0.2) is 0 Å². The highest BCUT2D eigenvalue weighted by Gasteiger charge is 2.32. The lowest BCUT2D eigenvalue weighted by Crippen LogP contribution is -2.49. The van der Waals surface area contributed by atoms with E-state index in [1.54, 1.807) is 23.6 Å². The fourth-order valence-corrected chi connectivity index (χ4v) is 3.67. The fraction of sp³-hybridized carbons (Fsp3) is 0.667. The number of methoxy groups -OCH3 is 1. The van der Waals surface area contributed by atoms with Crippen LogP contribution in [0, 0.1) is 0 Å². The highest BCUT2D eigenvalue weighted by molar-refractivity contribution is 8.22. The van der Waals surface area contributed by atoms with Crippen LogP contribution >= 0.6 is 60.2 Å². The molecular weight excluding hydrogens is 433 g/mol. The average molecular weight is 457 g/mol. The summed E-state index contributed by atoms with van der Waals surface area (Å²) < 4.78 is 10.9. The monoisotopic (exact) mass is 456 g/mol. The zero-order valence-electron chi connectivity index (χ0n) is 15.5. The number of thiocarbonyl (C=S) groups is 3. The Kier molecular flexibility index (Phi) is 13.4. The summed E-state index contributed by atoms with van der Waals surface area (Å²) in [6.07, 6.45) is 3.53. The molecule has 0 aliphatic carbocycles. The van der Waals surface area contributed by atoms with Crippen molar-refractivity contribution in [1.29, 1.82) is 0 Å². The lowest BCUT2D eigenvalue weighted by Gasteiger charge is -2.33. The standard InChI is InChI=1S/C15H24N2O4S5/c1-6-21-12(18)9-11(13(19)20-3)17(15(24)26-5)8-7-16(10(2)22)14(23)25-4/h11H,6-9H2,1-5H3. The van der Waals surface area contributed by atoms with Crippen molar-refractivity contribution in [2.45, 2.75) is 26.3 Å². The second-order valence-electron chi connectivity index (χ2n) is 4.85. The second-order valence-corrected chi connectivity index (χ2v) is 8.32. The third-order valence-corrected chi connectivity index (χ3v) is 6.09. The molecule has 0 saturated heterocycles.